The average molecular weight is 352 g/mol. The van der Waals surface area contributed by atoms with Gasteiger partial charge in [-0.2, -0.15) is 0 Å². The molecule has 140 valence electrons. The van der Waals surface area contributed by atoms with E-state index in [4.69, 9.17) is 9.84 Å². The van der Waals surface area contributed by atoms with Gasteiger partial charge < -0.3 is 9.84 Å². The summed E-state index contributed by atoms with van der Waals surface area (Å²) < 4.78 is 30.0. The van der Waals surface area contributed by atoms with Crippen LogP contribution in [0.3, 0.4) is 0 Å². The molecule has 0 aliphatic heterocycles. The summed E-state index contributed by atoms with van der Waals surface area (Å²) in [7, 11) is 0. The van der Waals surface area contributed by atoms with Gasteiger partial charge in [-0.1, -0.05) is 6.08 Å². The lowest BCUT2D eigenvalue weighted by atomic mass is 9.69. The number of aliphatic hydroxyl groups excluding tert-OH is 1. The van der Waals surface area contributed by atoms with Crippen LogP contribution in [0.5, 0.6) is 0 Å². The Morgan fingerprint density at radius 2 is 1.64 bits per heavy atom. The zero-order chi connectivity index (χ0) is 18.1. The van der Waals surface area contributed by atoms with Crippen molar-refractivity contribution in [2.45, 2.75) is 51.4 Å². The van der Waals surface area contributed by atoms with Gasteiger partial charge in [0.25, 0.3) is 0 Å². The van der Waals surface area contributed by atoms with Gasteiger partial charge in [-0.3, -0.25) is 0 Å². The summed E-state index contributed by atoms with van der Waals surface area (Å²) in [5, 5.41) is 9.12. The minimum Gasteiger partial charge on any atom is -0.505 e. The van der Waals surface area contributed by atoms with E-state index < -0.39 is 11.6 Å². The zero-order valence-electron chi connectivity index (χ0n) is 14.9. The highest BCUT2D eigenvalue weighted by Gasteiger charge is 2.30. The maximum Gasteiger partial charge on any atom is 0.192 e. The van der Waals surface area contributed by atoms with Crippen LogP contribution in [0.2, 0.25) is 0 Å². The predicted octanol–water partition coefficient (Wildman–Crippen LogP) is 6.54. The molecule has 2 rings (SSSR count). The Bertz CT molecular complexity index is 494. The lowest BCUT2D eigenvalue weighted by Crippen LogP contribution is -2.26. The average Bonchev–Trinajstić information content (AvgIpc) is 2.67. The van der Waals surface area contributed by atoms with Crippen molar-refractivity contribution in [2.75, 3.05) is 6.61 Å². The van der Waals surface area contributed by atoms with Gasteiger partial charge >= 0.3 is 0 Å². The molecule has 0 radical (unpaired) electrons. The van der Waals surface area contributed by atoms with E-state index in [1.54, 1.807) is 0 Å². The Morgan fingerprint density at radius 1 is 1.04 bits per heavy atom. The molecule has 2 fully saturated rings. The molecule has 2 saturated carbocycles. The Hall–Kier alpha value is -1.58. The van der Waals surface area contributed by atoms with E-state index in [-0.39, 0.29) is 6.33 Å². The molecule has 0 atom stereocenters. The topological polar surface area (TPSA) is 29.5 Å². The van der Waals surface area contributed by atoms with Crippen LogP contribution in [0.4, 0.5) is 8.78 Å². The molecule has 1 N–H and O–H groups in total. The highest BCUT2D eigenvalue weighted by atomic mass is 19.2. The first-order valence-electron chi connectivity index (χ1n) is 9.40. The third-order valence-electron chi connectivity index (χ3n) is 5.81. The van der Waals surface area contributed by atoms with Gasteiger partial charge in [0.2, 0.25) is 0 Å². The predicted molar refractivity (Wildman–Crippen MR) is 97.2 cm³/mol. The number of hydrogen-bond donors (Lipinski definition) is 1. The van der Waals surface area contributed by atoms with Crippen LogP contribution in [-0.2, 0) is 4.74 Å². The second-order valence-electron chi connectivity index (χ2n) is 7.36. The number of hydrogen-bond acceptors (Lipinski definition) is 2. The van der Waals surface area contributed by atoms with Crippen molar-refractivity contribution >= 4 is 0 Å². The Kier molecular flexibility index (Phi) is 8.23. The summed E-state index contributed by atoms with van der Waals surface area (Å²) in [5.41, 5.74) is 0. The third kappa shape index (κ3) is 6.33. The molecule has 25 heavy (non-hydrogen) atoms. The van der Waals surface area contributed by atoms with E-state index in [1.807, 2.05) is 0 Å². The Balaban J connectivity index is 1.63. The Labute approximate surface area is 150 Å². The molecule has 0 aromatic carbocycles. The minimum atomic E-state index is -1.29. The second kappa shape index (κ2) is 10.4. The molecule has 0 aromatic heterocycles. The van der Waals surface area contributed by atoms with E-state index in [0.29, 0.717) is 12.5 Å². The van der Waals surface area contributed by atoms with Gasteiger partial charge in [-0.05, 0) is 87.2 Å². The van der Waals surface area contributed by atoms with E-state index >= 15 is 0 Å². The fraction of sp³-hybridized carbons (Fsp3) is 0.619. The lowest BCUT2D eigenvalue weighted by Gasteiger charge is -2.37. The smallest absolute Gasteiger partial charge is 0.192 e. The second-order valence-corrected chi connectivity index (χ2v) is 7.36. The first-order valence-corrected chi connectivity index (χ1v) is 9.40. The summed E-state index contributed by atoms with van der Waals surface area (Å²) in [6, 6.07) is 0. The van der Waals surface area contributed by atoms with Crippen molar-refractivity contribution < 1.29 is 18.6 Å². The molecule has 2 aliphatic carbocycles. The number of ether oxygens (including phenoxy) is 1. The SMILES string of the molecule is C=CC1CCC(C2CCC(CO/C=C/C=C(O)\C(F)=C\F)CC2)CC1. The Morgan fingerprint density at radius 3 is 2.20 bits per heavy atom. The number of rotatable bonds is 7. The molecular formula is C21H30F2O2. The highest BCUT2D eigenvalue weighted by molar-refractivity contribution is 5.20. The first-order chi connectivity index (χ1) is 12.1. The molecule has 0 bridgehead atoms. The minimum absolute atomic E-state index is 0.275. The van der Waals surface area contributed by atoms with Gasteiger partial charge in [-0.15, -0.1) is 6.58 Å². The van der Waals surface area contributed by atoms with Crippen LogP contribution in [0.25, 0.3) is 0 Å². The third-order valence-corrected chi connectivity index (χ3v) is 5.81. The molecule has 0 heterocycles. The van der Waals surface area contributed by atoms with Gasteiger partial charge in [0, 0.05) is 0 Å². The van der Waals surface area contributed by atoms with Gasteiger partial charge in [-0.25, -0.2) is 8.78 Å². The van der Waals surface area contributed by atoms with Crippen LogP contribution >= 0.6 is 0 Å². The fourth-order valence-electron chi connectivity index (χ4n) is 4.19. The molecule has 0 unspecified atom stereocenters. The van der Waals surface area contributed by atoms with Crippen molar-refractivity contribution in [3.8, 4) is 0 Å². The maximum absolute atomic E-state index is 12.6. The largest absolute Gasteiger partial charge is 0.505 e. The number of allylic oxidation sites excluding steroid dienone is 4. The maximum atomic E-state index is 12.6. The molecule has 4 heteroatoms. The quantitative estimate of drug-likeness (QED) is 0.320. The summed E-state index contributed by atoms with van der Waals surface area (Å²) in [6.07, 6.45) is 16.0. The standard InChI is InChI=1S/C21H30F2O2/c1-2-16-5-9-18(10-6-16)19-11-7-17(8-12-19)15-25-13-3-4-21(24)20(23)14-22/h2-4,13-14,16-19,24H,1,5-12,15H2/b13-3+,20-14-,21-4+. The first kappa shape index (κ1) is 19.7. The molecule has 0 spiro atoms. The van der Waals surface area contributed by atoms with Crippen LogP contribution in [0, 0.1) is 23.7 Å². The van der Waals surface area contributed by atoms with Crippen LogP contribution < -0.4 is 0 Å². The summed E-state index contributed by atoms with van der Waals surface area (Å²) in [4.78, 5) is 0. The highest BCUT2D eigenvalue weighted by Crippen LogP contribution is 2.41. The molecular weight excluding hydrogens is 322 g/mol. The number of halogens is 2. The zero-order valence-corrected chi connectivity index (χ0v) is 14.9. The van der Waals surface area contributed by atoms with Gasteiger partial charge in [0.15, 0.2) is 11.6 Å². The molecule has 2 nitrogen and oxygen atoms in total. The molecule has 0 saturated heterocycles. The van der Waals surface area contributed by atoms with E-state index in [0.717, 1.165) is 23.8 Å². The fourth-order valence-corrected chi connectivity index (χ4v) is 4.19. The summed E-state index contributed by atoms with van der Waals surface area (Å²) >= 11 is 0. The van der Waals surface area contributed by atoms with Crippen LogP contribution in [0.15, 0.2) is 49.0 Å². The monoisotopic (exact) mass is 352 g/mol. The van der Waals surface area contributed by atoms with Crippen molar-refractivity contribution in [3.63, 3.8) is 0 Å². The van der Waals surface area contributed by atoms with Crippen LogP contribution in [0.1, 0.15) is 51.4 Å². The van der Waals surface area contributed by atoms with Crippen molar-refractivity contribution in [2.24, 2.45) is 23.7 Å². The molecule has 0 amide bonds. The molecule has 2 aliphatic rings. The van der Waals surface area contributed by atoms with E-state index in [2.05, 4.69) is 12.7 Å². The summed E-state index contributed by atoms with van der Waals surface area (Å²) in [6.45, 7) is 4.56. The van der Waals surface area contributed by atoms with Crippen molar-refractivity contribution in [1.29, 1.82) is 0 Å². The van der Waals surface area contributed by atoms with Gasteiger partial charge in [0.05, 0.1) is 12.9 Å². The van der Waals surface area contributed by atoms with E-state index in [9.17, 15) is 8.78 Å². The number of aliphatic hydroxyl groups is 1. The molecule has 0 aromatic rings. The van der Waals surface area contributed by atoms with Crippen LogP contribution in [-0.4, -0.2) is 11.7 Å². The van der Waals surface area contributed by atoms with Gasteiger partial charge in [0.1, 0.15) is 6.33 Å². The normalized spacial score (nSPS) is 31.9. The van der Waals surface area contributed by atoms with E-state index in [1.165, 1.54) is 63.7 Å². The van der Waals surface area contributed by atoms with Crippen molar-refractivity contribution in [1.82, 2.24) is 0 Å². The van der Waals surface area contributed by atoms with Crippen molar-refractivity contribution in [3.05, 3.63) is 49.0 Å². The summed E-state index contributed by atoms with van der Waals surface area (Å²) in [5.74, 6) is 1.03. The lowest BCUT2D eigenvalue weighted by molar-refractivity contribution is 0.113.